The summed E-state index contributed by atoms with van der Waals surface area (Å²) in [4.78, 5) is 24.8. The van der Waals surface area contributed by atoms with E-state index in [1.165, 1.54) is 4.90 Å². The van der Waals surface area contributed by atoms with E-state index >= 15 is 0 Å². The Balaban J connectivity index is 2.73. The van der Waals surface area contributed by atoms with E-state index in [2.05, 4.69) is 18.5 Å². The number of carbonyl (C=O) groups excluding carboxylic acids is 1. The molecular formula is C13H20N2O3. The first-order valence-corrected chi connectivity index (χ1v) is 5.98. The van der Waals surface area contributed by atoms with Gasteiger partial charge in [0.25, 0.3) is 0 Å². The lowest BCUT2D eigenvalue weighted by molar-refractivity contribution is -0.144. The third-order valence-corrected chi connectivity index (χ3v) is 3.19. The Hall–Kier alpha value is -1.78. The zero-order valence-corrected chi connectivity index (χ0v) is 10.7. The minimum atomic E-state index is -1.18. The summed E-state index contributed by atoms with van der Waals surface area (Å²) in [6.45, 7) is 9.42. The Morgan fingerprint density at radius 1 is 1.39 bits per heavy atom. The van der Waals surface area contributed by atoms with Crippen molar-refractivity contribution in [1.82, 2.24) is 10.2 Å². The second-order valence-corrected chi connectivity index (χ2v) is 4.69. The second kappa shape index (κ2) is 5.71. The maximum atomic E-state index is 12.0. The number of hydrogen-bond donors (Lipinski definition) is 2. The molecule has 2 N–H and O–H groups in total. The van der Waals surface area contributed by atoms with Crippen molar-refractivity contribution in [2.75, 3.05) is 13.1 Å². The number of nitrogens with one attached hydrogen (secondary N) is 1. The number of urea groups is 1. The summed E-state index contributed by atoms with van der Waals surface area (Å²) in [5.41, 5.74) is -1.18. The van der Waals surface area contributed by atoms with Gasteiger partial charge in [-0.2, -0.15) is 0 Å². The summed E-state index contributed by atoms with van der Waals surface area (Å²) in [6.07, 6.45) is 4.87. The fraction of sp³-hybridized carbons (Fsp3) is 0.538. The normalized spacial score (nSPS) is 17.4. The Kier molecular flexibility index (Phi) is 4.53. The van der Waals surface area contributed by atoms with Crippen LogP contribution in [-0.2, 0) is 4.79 Å². The van der Waals surface area contributed by atoms with Crippen molar-refractivity contribution in [1.29, 1.82) is 0 Å². The molecule has 0 radical (unpaired) electrons. The number of rotatable bonds is 7. The van der Waals surface area contributed by atoms with Crippen molar-refractivity contribution in [3.05, 3.63) is 25.3 Å². The lowest BCUT2D eigenvalue weighted by Gasteiger charge is -2.30. The van der Waals surface area contributed by atoms with Crippen LogP contribution in [-0.4, -0.2) is 40.6 Å². The Morgan fingerprint density at radius 2 is 1.89 bits per heavy atom. The average Bonchev–Trinajstić information content (AvgIpc) is 3.12. The highest BCUT2D eigenvalue weighted by molar-refractivity contribution is 5.86. The van der Waals surface area contributed by atoms with Crippen LogP contribution >= 0.6 is 0 Å². The highest BCUT2D eigenvalue weighted by atomic mass is 16.4. The standard InChI is InChI=1S/C13H20N2O3/c1-4-8-15(9-5-2)12(18)14-13(3,11(16)17)10-6-7-10/h4-5,10H,1-2,6-9H2,3H3,(H,14,18)(H,16,17). The molecule has 0 saturated heterocycles. The van der Waals surface area contributed by atoms with E-state index in [-0.39, 0.29) is 5.92 Å². The van der Waals surface area contributed by atoms with Crippen LogP contribution in [0.4, 0.5) is 4.79 Å². The molecular weight excluding hydrogens is 232 g/mol. The first-order valence-electron chi connectivity index (χ1n) is 5.98. The molecule has 0 aromatic carbocycles. The summed E-state index contributed by atoms with van der Waals surface area (Å²) in [5.74, 6) is -0.969. The van der Waals surface area contributed by atoms with Crippen LogP contribution in [0, 0.1) is 5.92 Å². The fourth-order valence-electron chi connectivity index (χ4n) is 1.84. The van der Waals surface area contributed by atoms with Gasteiger partial charge >= 0.3 is 12.0 Å². The zero-order chi connectivity index (χ0) is 13.8. The molecule has 0 aromatic rings. The molecule has 0 spiro atoms. The molecule has 1 rings (SSSR count). The monoisotopic (exact) mass is 252 g/mol. The van der Waals surface area contributed by atoms with Crippen LogP contribution in [0.5, 0.6) is 0 Å². The summed E-state index contributed by atoms with van der Waals surface area (Å²) in [6, 6.07) is -0.397. The molecule has 1 atom stereocenters. The van der Waals surface area contributed by atoms with E-state index < -0.39 is 17.5 Å². The third kappa shape index (κ3) is 3.12. The van der Waals surface area contributed by atoms with E-state index in [0.717, 1.165) is 12.8 Å². The summed E-state index contributed by atoms with van der Waals surface area (Å²) < 4.78 is 0. The van der Waals surface area contributed by atoms with Crippen LogP contribution in [0.3, 0.4) is 0 Å². The van der Waals surface area contributed by atoms with Crippen molar-refractivity contribution in [2.45, 2.75) is 25.3 Å². The average molecular weight is 252 g/mol. The minimum absolute atomic E-state index is 0.0215. The van der Waals surface area contributed by atoms with Gasteiger partial charge in [0, 0.05) is 13.1 Å². The van der Waals surface area contributed by atoms with Crippen molar-refractivity contribution in [3.8, 4) is 0 Å². The molecule has 0 aromatic heterocycles. The van der Waals surface area contributed by atoms with Gasteiger partial charge in [0.1, 0.15) is 5.54 Å². The molecule has 1 unspecified atom stereocenters. The Morgan fingerprint density at radius 3 is 2.22 bits per heavy atom. The maximum absolute atomic E-state index is 12.0. The lowest BCUT2D eigenvalue weighted by Crippen LogP contribution is -2.57. The van der Waals surface area contributed by atoms with Gasteiger partial charge in [0.2, 0.25) is 0 Å². The number of carboxylic acid groups (broad SMARTS) is 1. The van der Waals surface area contributed by atoms with Gasteiger partial charge in [-0.15, -0.1) is 13.2 Å². The summed E-state index contributed by atoms with van der Waals surface area (Å²) in [7, 11) is 0. The van der Waals surface area contributed by atoms with E-state index in [9.17, 15) is 14.7 Å². The third-order valence-electron chi connectivity index (χ3n) is 3.19. The molecule has 0 heterocycles. The minimum Gasteiger partial charge on any atom is -0.480 e. The van der Waals surface area contributed by atoms with Crippen molar-refractivity contribution >= 4 is 12.0 Å². The smallest absolute Gasteiger partial charge is 0.329 e. The van der Waals surface area contributed by atoms with Crippen molar-refractivity contribution in [3.63, 3.8) is 0 Å². The highest BCUT2D eigenvalue weighted by Gasteiger charge is 2.49. The quantitative estimate of drug-likeness (QED) is 0.676. The van der Waals surface area contributed by atoms with E-state index in [1.807, 2.05) is 0 Å². The molecule has 100 valence electrons. The van der Waals surface area contributed by atoms with Crippen LogP contribution in [0.25, 0.3) is 0 Å². The Labute approximate surface area is 107 Å². The van der Waals surface area contributed by atoms with E-state index in [4.69, 9.17) is 0 Å². The summed E-state index contributed by atoms with van der Waals surface area (Å²) >= 11 is 0. The van der Waals surface area contributed by atoms with Gasteiger partial charge in [-0.25, -0.2) is 9.59 Å². The molecule has 5 nitrogen and oxygen atoms in total. The number of nitrogens with zero attached hydrogens (tertiary/aromatic N) is 1. The van der Waals surface area contributed by atoms with Crippen LogP contribution in [0.1, 0.15) is 19.8 Å². The van der Waals surface area contributed by atoms with Gasteiger partial charge in [0.05, 0.1) is 0 Å². The zero-order valence-electron chi connectivity index (χ0n) is 10.7. The molecule has 1 saturated carbocycles. The molecule has 5 heteroatoms. The fourth-order valence-corrected chi connectivity index (χ4v) is 1.84. The molecule has 18 heavy (non-hydrogen) atoms. The number of carboxylic acids is 1. The van der Waals surface area contributed by atoms with Crippen molar-refractivity contribution < 1.29 is 14.7 Å². The largest absolute Gasteiger partial charge is 0.480 e. The van der Waals surface area contributed by atoms with Gasteiger partial charge in [-0.1, -0.05) is 12.2 Å². The lowest BCUT2D eigenvalue weighted by atomic mass is 9.96. The predicted octanol–water partition coefficient (Wildman–Crippen LogP) is 1.62. The first kappa shape index (κ1) is 14.3. The number of aliphatic carboxylic acids is 1. The SMILES string of the molecule is C=CCN(CC=C)C(=O)NC(C)(C(=O)O)C1CC1. The molecule has 1 aliphatic rings. The van der Waals surface area contributed by atoms with Crippen LogP contribution < -0.4 is 5.32 Å². The van der Waals surface area contributed by atoms with Crippen molar-refractivity contribution in [2.24, 2.45) is 5.92 Å². The number of carbonyl (C=O) groups is 2. The van der Waals surface area contributed by atoms with Gasteiger partial charge < -0.3 is 15.3 Å². The van der Waals surface area contributed by atoms with Gasteiger partial charge in [-0.3, -0.25) is 0 Å². The van der Waals surface area contributed by atoms with E-state index in [1.54, 1.807) is 19.1 Å². The second-order valence-electron chi connectivity index (χ2n) is 4.69. The molecule has 0 bridgehead atoms. The maximum Gasteiger partial charge on any atom is 0.329 e. The topological polar surface area (TPSA) is 69.6 Å². The Bertz CT molecular complexity index is 353. The first-order chi connectivity index (χ1) is 8.45. The molecule has 0 aliphatic heterocycles. The van der Waals surface area contributed by atoms with Gasteiger partial charge in [-0.05, 0) is 25.7 Å². The van der Waals surface area contributed by atoms with Crippen LogP contribution in [0.2, 0.25) is 0 Å². The molecule has 1 fully saturated rings. The molecule has 1 aliphatic carbocycles. The highest BCUT2D eigenvalue weighted by Crippen LogP contribution is 2.39. The van der Waals surface area contributed by atoms with Gasteiger partial charge in [0.15, 0.2) is 0 Å². The molecule has 2 amide bonds. The van der Waals surface area contributed by atoms with Crippen LogP contribution in [0.15, 0.2) is 25.3 Å². The van der Waals surface area contributed by atoms with E-state index in [0.29, 0.717) is 13.1 Å². The number of amides is 2. The predicted molar refractivity (Wildman–Crippen MR) is 69.3 cm³/mol. The summed E-state index contributed by atoms with van der Waals surface area (Å²) in [5, 5.41) is 11.9. The number of hydrogen-bond acceptors (Lipinski definition) is 2.